The van der Waals surface area contributed by atoms with Gasteiger partial charge in [-0.1, -0.05) is 17.4 Å². The number of fused-ring (bicyclic) bond motifs is 2. The Morgan fingerprint density at radius 2 is 1.95 bits per heavy atom. The molecule has 0 spiro atoms. The maximum absolute atomic E-state index is 14.0. The molecule has 0 radical (unpaired) electrons. The molecule has 9 nitrogen and oxygen atoms in total. The molecule has 1 atom stereocenters. The van der Waals surface area contributed by atoms with E-state index in [1.54, 1.807) is 43.7 Å². The molecule has 11 heteroatoms. The van der Waals surface area contributed by atoms with E-state index in [9.17, 15) is 9.59 Å². The molecule has 0 aliphatic carbocycles. The number of hydrogen-bond donors (Lipinski definition) is 0. The van der Waals surface area contributed by atoms with Crippen molar-refractivity contribution in [3.63, 3.8) is 0 Å². The van der Waals surface area contributed by atoms with Gasteiger partial charge in [0.15, 0.2) is 16.3 Å². The number of methoxy groups -OCH3 is 1. The number of esters is 1. The van der Waals surface area contributed by atoms with E-state index in [2.05, 4.69) is 39.7 Å². The maximum Gasteiger partial charge on any atom is 0.338 e. The number of allylic oxidation sites excluding steroid dienone is 1. The summed E-state index contributed by atoms with van der Waals surface area (Å²) in [6.07, 6.45) is 1.81. The van der Waals surface area contributed by atoms with Crippen LogP contribution < -0.4 is 34.0 Å². The van der Waals surface area contributed by atoms with Crippen molar-refractivity contribution in [2.24, 2.45) is 4.99 Å². The number of thiazole rings is 1. The van der Waals surface area contributed by atoms with Gasteiger partial charge in [0.25, 0.3) is 5.56 Å². The lowest BCUT2D eigenvalue weighted by molar-refractivity contribution is -0.139. The van der Waals surface area contributed by atoms with Crippen LogP contribution in [-0.2, 0) is 9.53 Å². The first-order valence-electron chi connectivity index (χ1n) is 13.0. The Kier molecular flexibility index (Phi) is 8.04. The van der Waals surface area contributed by atoms with Crippen molar-refractivity contribution >= 4 is 45.0 Å². The van der Waals surface area contributed by atoms with Gasteiger partial charge >= 0.3 is 5.97 Å². The lowest BCUT2D eigenvalue weighted by Gasteiger charge is -2.24. The topological polar surface area (TPSA) is 91.6 Å². The van der Waals surface area contributed by atoms with Crippen LogP contribution in [-0.4, -0.2) is 44.1 Å². The van der Waals surface area contributed by atoms with Gasteiger partial charge in [-0.25, -0.2) is 9.79 Å². The Morgan fingerprint density at radius 3 is 2.65 bits per heavy atom. The summed E-state index contributed by atoms with van der Waals surface area (Å²) in [5.41, 5.74) is 2.99. The molecule has 0 saturated heterocycles. The molecule has 2 aliphatic rings. The molecule has 0 unspecified atom stereocenters. The number of carbonyl (C=O) groups is 1. The zero-order valence-corrected chi connectivity index (χ0v) is 25.3. The Balaban J connectivity index is 1.69. The fourth-order valence-corrected chi connectivity index (χ4v) is 6.63. The highest BCUT2D eigenvalue weighted by Gasteiger charge is 2.34. The van der Waals surface area contributed by atoms with Gasteiger partial charge < -0.3 is 23.8 Å². The van der Waals surface area contributed by atoms with Gasteiger partial charge in [-0.15, -0.1) is 0 Å². The van der Waals surface area contributed by atoms with Gasteiger partial charge in [-0.3, -0.25) is 9.36 Å². The quantitative estimate of drug-likeness (QED) is 0.347. The number of benzene rings is 2. The molecule has 40 heavy (non-hydrogen) atoms. The van der Waals surface area contributed by atoms with Gasteiger partial charge in [0.1, 0.15) is 5.75 Å². The van der Waals surface area contributed by atoms with Gasteiger partial charge in [-0.05, 0) is 73.5 Å². The lowest BCUT2D eigenvalue weighted by atomic mass is 9.95. The fraction of sp³-hybridized carbons (Fsp3) is 0.345. The molecule has 2 aromatic carbocycles. The van der Waals surface area contributed by atoms with Crippen LogP contribution in [0.5, 0.6) is 17.2 Å². The first kappa shape index (κ1) is 28.0. The number of carbonyl (C=O) groups excluding carboxylic acids is 1. The van der Waals surface area contributed by atoms with Gasteiger partial charge in [0.2, 0.25) is 6.79 Å². The van der Waals surface area contributed by atoms with Gasteiger partial charge in [-0.2, -0.15) is 0 Å². The van der Waals surface area contributed by atoms with Crippen LogP contribution in [0.1, 0.15) is 44.9 Å². The highest BCUT2D eigenvalue weighted by molar-refractivity contribution is 9.10. The Morgan fingerprint density at radius 1 is 1.20 bits per heavy atom. The summed E-state index contributed by atoms with van der Waals surface area (Å²) in [4.78, 5) is 34.5. The highest BCUT2D eigenvalue weighted by Crippen LogP contribution is 2.38. The van der Waals surface area contributed by atoms with Crippen LogP contribution in [0.2, 0.25) is 0 Å². The van der Waals surface area contributed by atoms with E-state index in [1.165, 1.54) is 11.3 Å². The monoisotopic (exact) mass is 627 g/mol. The first-order valence-corrected chi connectivity index (χ1v) is 14.6. The van der Waals surface area contributed by atoms with E-state index in [1.807, 2.05) is 18.2 Å². The summed E-state index contributed by atoms with van der Waals surface area (Å²) < 4.78 is 25.1. The number of ether oxygens (including phenoxy) is 4. The standard InChI is InChI=1S/C29H30BrN3O6S/c1-6-32(7-2)20-14-22(36-5)18(11-19(20)30)13-24-27(34)33-26(17-9-10-21-23(12-17)39-15-38-21)25(28(35)37-8-3)16(4)31-29(33)40-24/h9-14,26H,6-8,15H2,1-5H3/b24-13-/t26-/m1/s1. The summed E-state index contributed by atoms with van der Waals surface area (Å²) in [6.45, 7) is 9.71. The van der Waals surface area contributed by atoms with E-state index in [-0.39, 0.29) is 19.0 Å². The average Bonchev–Trinajstić information content (AvgIpc) is 3.53. The van der Waals surface area contributed by atoms with Crippen LogP contribution in [0, 0.1) is 0 Å². The van der Waals surface area contributed by atoms with Crippen molar-refractivity contribution in [3.05, 3.63) is 76.9 Å². The van der Waals surface area contributed by atoms with E-state index < -0.39 is 12.0 Å². The average molecular weight is 629 g/mol. The summed E-state index contributed by atoms with van der Waals surface area (Å²) >= 11 is 4.96. The smallest absolute Gasteiger partial charge is 0.338 e. The molecule has 3 heterocycles. The summed E-state index contributed by atoms with van der Waals surface area (Å²) in [6, 6.07) is 8.60. The van der Waals surface area contributed by atoms with Gasteiger partial charge in [0.05, 0.1) is 41.2 Å². The molecule has 210 valence electrons. The first-order chi connectivity index (χ1) is 19.3. The Bertz CT molecular complexity index is 1690. The minimum absolute atomic E-state index is 0.117. The van der Waals surface area contributed by atoms with E-state index >= 15 is 0 Å². The molecule has 3 aromatic rings. The summed E-state index contributed by atoms with van der Waals surface area (Å²) in [5.74, 6) is 1.30. The van der Waals surface area contributed by atoms with Crippen LogP contribution in [0.4, 0.5) is 5.69 Å². The molecular weight excluding hydrogens is 598 g/mol. The number of rotatable bonds is 8. The second kappa shape index (κ2) is 11.5. The number of nitrogens with zero attached hydrogens (tertiary/aromatic N) is 3. The molecule has 0 saturated carbocycles. The van der Waals surface area contributed by atoms with Crippen molar-refractivity contribution in [3.8, 4) is 17.2 Å². The normalized spacial score (nSPS) is 16.1. The van der Waals surface area contributed by atoms with E-state index in [0.29, 0.717) is 43.4 Å². The van der Waals surface area contributed by atoms with Crippen molar-refractivity contribution in [1.82, 2.24) is 4.57 Å². The van der Waals surface area contributed by atoms with Crippen LogP contribution >= 0.6 is 27.3 Å². The fourth-order valence-electron chi connectivity index (χ4n) is 4.99. The van der Waals surface area contributed by atoms with E-state index in [4.69, 9.17) is 18.9 Å². The zero-order chi connectivity index (χ0) is 28.6. The molecule has 2 aliphatic heterocycles. The van der Waals surface area contributed by atoms with E-state index in [0.717, 1.165) is 28.8 Å². The second-order valence-corrected chi connectivity index (χ2v) is 11.0. The van der Waals surface area contributed by atoms with Crippen LogP contribution in [0.25, 0.3) is 6.08 Å². The second-order valence-electron chi connectivity index (χ2n) is 9.13. The largest absolute Gasteiger partial charge is 0.496 e. The van der Waals surface area contributed by atoms with Crippen molar-refractivity contribution in [1.29, 1.82) is 0 Å². The van der Waals surface area contributed by atoms with Crippen molar-refractivity contribution in [2.45, 2.75) is 33.7 Å². The minimum atomic E-state index is -0.745. The SMILES string of the molecule is CCOC(=O)C1=C(C)N=c2s/c(=C\c3cc(Br)c(N(CC)CC)cc3OC)c(=O)n2[C@@H]1c1ccc2c(c1)OCO2. The molecule has 0 N–H and O–H groups in total. The lowest BCUT2D eigenvalue weighted by Crippen LogP contribution is -2.39. The third kappa shape index (κ3) is 4.92. The zero-order valence-electron chi connectivity index (χ0n) is 22.9. The Hall–Kier alpha value is -3.57. The third-order valence-corrected chi connectivity index (χ3v) is 8.54. The van der Waals surface area contributed by atoms with Crippen molar-refractivity contribution < 1.29 is 23.7 Å². The molecule has 0 fully saturated rings. The number of aromatic nitrogens is 1. The number of anilines is 1. The highest BCUT2D eigenvalue weighted by atomic mass is 79.9. The van der Waals surface area contributed by atoms with Crippen LogP contribution in [0.15, 0.2) is 55.9 Å². The summed E-state index contributed by atoms with van der Waals surface area (Å²) in [7, 11) is 1.61. The van der Waals surface area contributed by atoms with Gasteiger partial charge in [0, 0.05) is 29.2 Å². The molecule has 1 aromatic heterocycles. The molecule has 0 amide bonds. The Labute approximate surface area is 244 Å². The third-order valence-electron chi connectivity index (χ3n) is 6.92. The van der Waals surface area contributed by atoms with Crippen LogP contribution in [0.3, 0.4) is 0 Å². The summed E-state index contributed by atoms with van der Waals surface area (Å²) in [5, 5.41) is 0. The minimum Gasteiger partial charge on any atom is -0.496 e. The number of halogens is 1. The predicted molar refractivity (Wildman–Crippen MR) is 157 cm³/mol. The maximum atomic E-state index is 14.0. The predicted octanol–water partition coefficient (Wildman–Crippen LogP) is 4.14. The number of hydrogen-bond acceptors (Lipinski definition) is 9. The molecular formula is C29H30BrN3O6S. The molecule has 5 rings (SSSR count). The molecule has 0 bridgehead atoms. The van der Waals surface area contributed by atoms with Crippen molar-refractivity contribution in [2.75, 3.05) is 38.5 Å².